The summed E-state index contributed by atoms with van der Waals surface area (Å²) >= 11 is 0. The molecule has 12 heteroatoms. The summed E-state index contributed by atoms with van der Waals surface area (Å²) in [4.78, 5) is 18.7. The van der Waals surface area contributed by atoms with Crippen LogP contribution in [0.4, 0.5) is 19.0 Å². The molecule has 0 radical (unpaired) electrons. The molecule has 182 valence electrons. The average molecular weight is 488 g/mol. The van der Waals surface area contributed by atoms with Crippen LogP contribution < -0.4 is 10.2 Å². The number of hydrogen-bond acceptors (Lipinski definition) is 5. The molecule has 1 aliphatic rings. The molecule has 2 aromatic heterocycles. The molecule has 0 atom stereocenters. The minimum Gasteiger partial charge on any atom is -0.356 e. The van der Waals surface area contributed by atoms with Gasteiger partial charge in [0.2, 0.25) is 10.0 Å². The fourth-order valence-corrected chi connectivity index (χ4v) is 5.40. The highest BCUT2D eigenvalue weighted by Crippen LogP contribution is 2.30. The van der Waals surface area contributed by atoms with Crippen molar-refractivity contribution >= 4 is 21.7 Å². The van der Waals surface area contributed by atoms with Crippen LogP contribution in [0.2, 0.25) is 0 Å². The Morgan fingerprint density at radius 1 is 1.21 bits per heavy atom. The van der Waals surface area contributed by atoms with Gasteiger partial charge < -0.3 is 14.8 Å². The number of sulfonamides is 1. The number of hydrogen-bond donors (Lipinski definition) is 1. The molecule has 3 rings (SSSR count). The number of carbonyl (C=O) groups is 1. The maximum absolute atomic E-state index is 12.8. The van der Waals surface area contributed by atoms with Crippen molar-refractivity contribution in [3.8, 4) is 0 Å². The molecule has 0 bridgehead atoms. The zero-order valence-corrected chi connectivity index (χ0v) is 19.6. The Bertz CT molecular complexity index is 1070. The van der Waals surface area contributed by atoms with Crippen molar-refractivity contribution in [3.63, 3.8) is 0 Å². The van der Waals surface area contributed by atoms with Crippen molar-refractivity contribution in [1.82, 2.24) is 19.2 Å². The Kier molecular flexibility index (Phi) is 7.37. The van der Waals surface area contributed by atoms with Crippen LogP contribution >= 0.6 is 0 Å². The number of aryl methyl sites for hydroxylation is 1. The molecule has 1 saturated heterocycles. The first-order chi connectivity index (χ1) is 15.5. The van der Waals surface area contributed by atoms with Gasteiger partial charge in [0.1, 0.15) is 16.4 Å². The zero-order chi connectivity index (χ0) is 24.4. The largest absolute Gasteiger partial charge is 0.417 e. The maximum atomic E-state index is 12.8. The van der Waals surface area contributed by atoms with Crippen LogP contribution in [-0.4, -0.2) is 60.4 Å². The number of amides is 1. The Hall–Kier alpha value is -2.60. The highest BCUT2D eigenvalue weighted by molar-refractivity contribution is 7.89. The summed E-state index contributed by atoms with van der Waals surface area (Å²) in [6.07, 6.45) is -0.999. The van der Waals surface area contributed by atoms with Gasteiger partial charge in [0, 0.05) is 51.7 Å². The van der Waals surface area contributed by atoms with Gasteiger partial charge in [-0.15, -0.1) is 0 Å². The van der Waals surface area contributed by atoms with Gasteiger partial charge in [-0.1, -0.05) is 13.8 Å². The van der Waals surface area contributed by atoms with Crippen molar-refractivity contribution in [2.75, 3.05) is 31.1 Å². The second-order valence-electron chi connectivity index (χ2n) is 7.90. The lowest BCUT2D eigenvalue weighted by atomic mass is 10.0. The van der Waals surface area contributed by atoms with Crippen LogP contribution in [0, 0.1) is 0 Å². The van der Waals surface area contributed by atoms with E-state index in [1.807, 2.05) is 4.90 Å². The van der Waals surface area contributed by atoms with Gasteiger partial charge in [-0.2, -0.15) is 17.5 Å². The van der Waals surface area contributed by atoms with E-state index in [1.165, 1.54) is 27.2 Å². The van der Waals surface area contributed by atoms with E-state index in [9.17, 15) is 26.4 Å². The lowest BCUT2D eigenvalue weighted by Gasteiger charge is -2.33. The Balaban J connectivity index is 1.61. The van der Waals surface area contributed by atoms with Crippen molar-refractivity contribution in [3.05, 3.63) is 41.9 Å². The van der Waals surface area contributed by atoms with Crippen molar-refractivity contribution < 1.29 is 26.4 Å². The summed E-state index contributed by atoms with van der Waals surface area (Å²) in [5.74, 6) is 0.0889. The molecular formula is C21H28F3N5O3S. The van der Waals surface area contributed by atoms with Crippen molar-refractivity contribution in [2.24, 2.45) is 7.05 Å². The van der Waals surface area contributed by atoms with Gasteiger partial charge in [0.15, 0.2) is 0 Å². The molecule has 33 heavy (non-hydrogen) atoms. The topological polar surface area (TPSA) is 87.5 Å². The molecule has 1 N–H and O–H groups in total. The summed E-state index contributed by atoms with van der Waals surface area (Å²) < 4.78 is 66.4. The van der Waals surface area contributed by atoms with Gasteiger partial charge >= 0.3 is 6.18 Å². The highest BCUT2D eigenvalue weighted by Gasteiger charge is 2.31. The van der Waals surface area contributed by atoms with E-state index in [4.69, 9.17) is 0 Å². The monoisotopic (exact) mass is 487 g/mol. The van der Waals surface area contributed by atoms with Gasteiger partial charge in [0.25, 0.3) is 5.91 Å². The number of anilines is 1. The average Bonchev–Trinajstić information content (AvgIpc) is 3.17. The third-order valence-electron chi connectivity index (χ3n) is 5.79. The van der Waals surface area contributed by atoms with E-state index < -0.39 is 21.8 Å². The molecule has 0 spiro atoms. The third-order valence-corrected chi connectivity index (χ3v) is 7.80. The number of carbonyl (C=O) groups excluding carboxylic acids is 1. The van der Waals surface area contributed by atoms with Crippen molar-refractivity contribution in [2.45, 2.75) is 43.8 Å². The number of nitrogens with one attached hydrogen (secondary N) is 1. The molecule has 0 saturated carbocycles. The molecule has 0 aliphatic carbocycles. The van der Waals surface area contributed by atoms with Crippen LogP contribution in [0.5, 0.6) is 0 Å². The van der Waals surface area contributed by atoms with Crippen LogP contribution in [0.15, 0.2) is 35.5 Å². The van der Waals surface area contributed by atoms with Crippen LogP contribution in [0.3, 0.4) is 0 Å². The summed E-state index contributed by atoms with van der Waals surface area (Å²) in [5.41, 5.74) is -0.550. The third kappa shape index (κ3) is 5.49. The van der Waals surface area contributed by atoms with E-state index in [0.717, 1.165) is 12.3 Å². The number of piperidine rings is 1. The molecule has 0 aromatic carbocycles. The Morgan fingerprint density at radius 2 is 1.85 bits per heavy atom. The number of aromatic nitrogens is 2. The van der Waals surface area contributed by atoms with E-state index in [1.54, 1.807) is 20.9 Å². The normalized spacial score (nSPS) is 15.8. The predicted molar refractivity (Wildman–Crippen MR) is 117 cm³/mol. The fourth-order valence-electron chi connectivity index (χ4n) is 3.87. The van der Waals surface area contributed by atoms with E-state index in [2.05, 4.69) is 10.3 Å². The number of alkyl halides is 3. The predicted octanol–water partition coefficient (Wildman–Crippen LogP) is 2.87. The van der Waals surface area contributed by atoms with Crippen LogP contribution in [0.25, 0.3) is 0 Å². The minimum absolute atomic E-state index is 0.0713. The highest BCUT2D eigenvalue weighted by atomic mass is 32.2. The molecule has 2 aromatic rings. The number of halogens is 3. The van der Waals surface area contributed by atoms with Gasteiger partial charge in [0.05, 0.1) is 5.56 Å². The minimum atomic E-state index is -4.43. The van der Waals surface area contributed by atoms with E-state index in [-0.39, 0.29) is 22.5 Å². The number of nitrogens with zero attached hydrogens (tertiary/aromatic N) is 4. The quantitative estimate of drug-likeness (QED) is 0.649. The molecule has 0 unspecified atom stereocenters. The number of rotatable bonds is 7. The number of pyridine rings is 1. The smallest absolute Gasteiger partial charge is 0.356 e. The van der Waals surface area contributed by atoms with E-state index in [0.29, 0.717) is 44.8 Å². The van der Waals surface area contributed by atoms with Crippen LogP contribution in [-0.2, 0) is 23.2 Å². The summed E-state index contributed by atoms with van der Waals surface area (Å²) in [7, 11) is -2.05. The van der Waals surface area contributed by atoms with E-state index >= 15 is 0 Å². The lowest BCUT2D eigenvalue weighted by Crippen LogP contribution is -2.45. The first-order valence-electron chi connectivity index (χ1n) is 10.7. The second-order valence-corrected chi connectivity index (χ2v) is 9.84. The standard InChI is InChI=1S/C21H28F3N5O3S/c1-4-29(5-2)33(31,32)17-12-18(27(3)14-17)20(30)26-16-8-10-28(11-9-16)19-7-6-15(13-25-19)21(22,23)24/h6-7,12-14,16H,4-5,8-11H2,1-3H3,(H,26,30). The summed E-state index contributed by atoms with van der Waals surface area (Å²) in [5, 5.41) is 2.93. The van der Waals surface area contributed by atoms with Crippen molar-refractivity contribution in [1.29, 1.82) is 0 Å². The van der Waals surface area contributed by atoms with Crippen LogP contribution in [0.1, 0.15) is 42.7 Å². The Morgan fingerprint density at radius 3 is 2.36 bits per heavy atom. The molecule has 1 aliphatic heterocycles. The van der Waals surface area contributed by atoms with Gasteiger partial charge in [-0.05, 0) is 31.0 Å². The second kappa shape index (κ2) is 9.72. The molecular weight excluding hydrogens is 459 g/mol. The maximum Gasteiger partial charge on any atom is 0.417 e. The first-order valence-corrected chi connectivity index (χ1v) is 12.2. The first kappa shape index (κ1) is 25.0. The molecule has 1 amide bonds. The Labute approximate surface area is 191 Å². The molecule has 1 fully saturated rings. The SMILES string of the molecule is CCN(CC)S(=O)(=O)c1cc(C(=O)NC2CCN(c3ccc(C(F)(F)F)cn3)CC2)n(C)c1. The van der Waals surface area contributed by atoms with Gasteiger partial charge in [-0.25, -0.2) is 13.4 Å². The summed E-state index contributed by atoms with van der Waals surface area (Å²) in [6.45, 7) is 5.23. The summed E-state index contributed by atoms with van der Waals surface area (Å²) in [6, 6.07) is 3.60. The zero-order valence-electron chi connectivity index (χ0n) is 18.8. The molecule has 8 nitrogen and oxygen atoms in total. The van der Waals surface area contributed by atoms with Gasteiger partial charge in [-0.3, -0.25) is 4.79 Å². The molecule has 3 heterocycles. The fraction of sp³-hybridized carbons (Fsp3) is 0.524. The lowest BCUT2D eigenvalue weighted by molar-refractivity contribution is -0.137.